The van der Waals surface area contributed by atoms with Crippen molar-refractivity contribution >= 4 is 50.5 Å². The molecule has 1 aliphatic rings. The van der Waals surface area contributed by atoms with Crippen molar-refractivity contribution in [1.29, 1.82) is 0 Å². The van der Waals surface area contributed by atoms with Gasteiger partial charge in [0.25, 0.3) is 5.91 Å². The Morgan fingerprint density at radius 3 is 2.34 bits per heavy atom. The van der Waals surface area contributed by atoms with Crippen LogP contribution in [0.1, 0.15) is 43.4 Å². The van der Waals surface area contributed by atoms with Crippen LogP contribution in [-0.4, -0.2) is 47.4 Å². The molecule has 0 aliphatic carbocycles. The second kappa shape index (κ2) is 11.5. The van der Waals surface area contributed by atoms with Crippen molar-refractivity contribution in [2.45, 2.75) is 50.1 Å². The maximum atomic E-state index is 13.1. The molecule has 5 rings (SSSR count). The number of thiazole rings is 1. The van der Waals surface area contributed by atoms with Crippen molar-refractivity contribution in [2.24, 2.45) is 5.73 Å². The quantitative estimate of drug-likeness (QED) is 0.285. The van der Waals surface area contributed by atoms with Crippen LogP contribution in [0.4, 0.5) is 0 Å². The molecule has 0 radical (unpaired) electrons. The Balaban J connectivity index is 0.000000617. The number of fused-ring (bicyclic) bond motifs is 1. The Morgan fingerprint density at radius 2 is 1.71 bits per heavy atom. The van der Waals surface area contributed by atoms with E-state index < -0.39 is 9.84 Å². The van der Waals surface area contributed by atoms with Crippen LogP contribution < -0.4 is 11.1 Å². The number of carbonyl (C=O) groups excluding carboxylic acids is 1. The second-order valence-electron chi connectivity index (χ2n) is 10.4. The highest BCUT2D eigenvalue weighted by molar-refractivity contribution is 7.91. The lowest BCUT2D eigenvalue weighted by Gasteiger charge is -2.22. The first-order valence-electron chi connectivity index (χ1n) is 12.3. The summed E-state index contributed by atoms with van der Waals surface area (Å²) >= 11 is 5.93. The second-order valence-corrected chi connectivity index (χ2v) is 14.2. The van der Waals surface area contributed by atoms with Crippen molar-refractivity contribution in [3.05, 3.63) is 65.9 Å². The largest absolute Gasteiger partial charge is 0.347 e. The van der Waals surface area contributed by atoms with E-state index >= 15 is 0 Å². The number of rotatable bonds is 4. The van der Waals surface area contributed by atoms with Crippen molar-refractivity contribution in [1.82, 2.24) is 15.3 Å². The summed E-state index contributed by atoms with van der Waals surface area (Å²) in [5.74, 6) is -0.0791. The number of nitrogens with one attached hydrogen (secondary N) is 1. The number of thiol groups is 1. The zero-order valence-electron chi connectivity index (χ0n) is 21.6. The van der Waals surface area contributed by atoms with E-state index in [1.165, 1.54) is 11.3 Å². The van der Waals surface area contributed by atoms with Crippen LogP contribution in [-0.2, 0) is 9.84 Å². The molecule has 0 atom stereocenters. The summed E-state index contributed by atoms with van der Waals surface area (Å²) in [6, 6.07) is 15.6. The summed E-state index contributed by atoms with van der Waals surface area (Å²) in [6.07, 6.45) is 4.29. The molecule has 1 saturated heterocycles. The van der Waals surface area contributed by atoms with Crippen LogP contribution in [0.25, 0.3) is 32.5 Å². The Labute approximate surface area is 233 Å². The SMILES string of the molecule is CC(C)(C)N.O=C(NC1CCS(=O)(=O)CC1)c1nc(-c2cccnc2)c(-c2ccc(S)c3ccccc23)s1. The number of hydrogen-bond acceptors (Lipinski definition) is 8. The van der Waals surface area contributed by atoms with Gasteiger partial charge in [-0.15, -0.1) is 24.0 Å². The number of nitrogens with zero attached hydrogens (tertiary/aromatic N) is 2. The summed E-state index contributed by atoms with van der Waals surface area (Å²) in [6.45, 7) is 5.90. The lowest BCUT2D eigenvalue weighted by molar-refractivity contribution is 0.0934. The van der Waals surface area contributed by atoms with E-state index in [1.807, 2.05) is 69.3 Å². The minimum absolute atomic E-state index is 0. The number of aromatic nitrogens is 2. The maximum absolute atomic E-state index is 13.1. The normalized spacial score (nSPS) is 15.5. The smallest absolute Gasteiger partial charge is 0.280 e. The van der Waals surface area contributed by atoms with Crippen molar-refractivity contribution in [2.75, 3.05) is 11.5 Å². The monoisotopic (exact) mass is 568 g/mol. The molecular formula is C28H32N4O3S3. The van der Waals surface area contributed by atoms with E-state index in [-0.39, 0.29) is 29.0 Å². The van der Waals surface area contributed by atoms with Gasteiger partial charge < -0.3 is 11.1 Å². The molecule has 4 aromatic rings. The van der Waals surface area contributed by atoms with Crippen LogP contribution in [0, 0.1) is 0 Å². The highest BCUT2D eigenvalue weighted by Crippen LogP contribution is 2.41. The van der Waals surface area contributed by atoms with Gasteiger partial charge in [0, 0.05) is 40.0 Å². The van der Waals surface area contributed by atoms with Gasteiger partial charge in [-0.1, -0.05) is 30.3 Å². The van der Waals surface area contributed by atoms with E-state index in [9.17, 15) is 13.2 Å². The maximum Gasteiger partial charge on any atom is 0.280 e. The lowest BCUT2D eigenvalue weighted by atomic mass is 10.0. The van der Waals surface area contributed by atoms with E-state index in [0.717, 1.165) is 31.7 Å². The van der Waals surface area contributed by atoms with Crippen LogP contribution in [0.2, 0.25) is 0 Å². The highest BCUT2D eigenvalue weighted by Gasteiger charge is 2.27. The number of nitrogens with two attached hydrogens (primary N) is 1. The summed E-state index contributed by atoms with van der Waals surface area (Å²) in [7, 11) is -2.99. The minimum Gasteiger partial charge on any atom is -0.347 e. The van der Waals surface area contributed by atoms with Gasteiger partial charge in [0.15, 0.2) is 5.01 Å². The van der Waals surface area contributed by atoms with Gasteiger partial charge in [0.1, 0.15) is 9.84 Å². The summed E-state index contributed by atoms with van der Waals surface area (Å²) in [4.78, 5) is 23.8. The van der Waals surface area contributed by atoms with Gasteiger partial charge in [-0.25, -0.2) is 13.4 Å². The van der Waals surface area contributed by atoms with E-state index in [0.29, 0.717) is 23.5 Å². The first-order chi connectivity index (χ1) is 17.9. The third kappa shape index (κ3) is 7.19. The molecule has 3 heterocycles. The third-order valence-corrected chi connectivity index (χ3v) is 8.98. The number of benzene rings is 2. The molecule has 10 heteroatoms. The molecule has 0 spiro atoms. The summed E-state index contributed by atoms with van der Waals surface area (Å²) < 4.78 is 23.4. The molecule has 200 valence electrons. The van der Waals surface area contributed by atoms with Crippen LogP contribution in [0.3, 0.4) is 0 Å². The zero-order valence-corrected chi connectivity index (χ0v) is 24.2. The van der Waals surface area contributed by atoms with Gasteiger partial charge in [0.05, 0.1) is 22.1 Å². The van der Waals surface area contributed by atoms with E-state index in [1.54, 1.807) is 12.4 Å². The molecule has 38 heavy (non-hydrogen) atoms. The van der Waals surface area contributed by atoms with Gasteiger partial charge in [-0.3, -0.25) is 9.78 Å². The van der Waals surface area contributed by atoms with Gasteiger partial charge in [-0.05, 0) is 62.6 Å². The predicted octanol–water partition coefficient (Wildman–Crippen LogP) is 5.36. The van der Waals surface area contributed by atoms with Crippen molar-refractivity contribution in [3.8, 4) is 21.7 Å². The molecule has 7 nitrogen and oxygen atoms in total. The average molecular weight is 569 g/mol. The lowest BCUT2D eigenvalue weighted by Crippen LogP contribution is -2.40. The molecule has 1 fully saturated rings. The van der Waals surface area contributed by atoms with Gasteiger partial charge >= 0.3 is 0 Å². The van der Waals surface area contributed by atoms with Crippen LogP contribution in [0.5, 0.6) is 0 Å². The first kappa shape index (κ1) is 28.2. The van der Waals surface area contributed by atoms with E-state index in [2.05, 4.69) is 22.9 Å². The number of amides is 1. The molecule has 0 saturated carbocycles. The average Bonchev–Trinajstić information content (AvgIpc) is 3.31. The Hall–Kier alpha value is -2.79. The number of sulfone groups is 1. The molecule has 2 aromatic heterocycles. The Morgan fingerprint density at radius 1 is 1.05 bits per heavy atom. The van der Waals surface area contributed by atoms with Gasteiger partial charge in [0.2, 0.25) is 0 Å². The molecule has 1 amide bonds. The number of carbonyl (C=O) groups is 1. The zero-order chi connectivity index (χ0) is 27.5. The predicted molar refractivity (Wildman–Crippen MR) is 159 cm³/mol. The summed E-state index contributed by atoms with van der Waals surface area (Å²) in [5, 5.41) is 5.38. The minimum atomic E-state index is -2.99. The molecular weight excluding hydrogens is 537 g/mol. The van der Waals surface area contributed by atoms with Crippen LogP contribution >= 0.6 is 24.0 Å². The number of hydrogen-bond donors (Lipinski definition) is 3. The third-order valence-electron chi connectivity index (χ3n) is 5.79. The number of pyridine rings is 1. The van der Waals surface area contributed by atoms with E-state index in [4.69, 9.17) is 10.7 Å². The van der Waals surface area contributed by atoms with Crippen LogP contribution in [0.15, 0.2) is 65.8 Å². The molecule has 0 unspecified atom stereocenters. The molecule has 0 bridgehead atoms. The molecule has 2 aromatic carbocycles. The Bertz CT molecular complexity index is 1520. The standard InChI is InChI=1S/C24H21N3O3S3.C4H11N/c28-23(26-16-9-12-33(29,30)13-10-16)24-27-21(15-4-3-11-25-14-15)22(32-24)19-7-8-20(31)18-6-2-1-5-17(18)19;1-4(2,3)5/h1-8,11,14,16,31H,9-10,12-13H2,(H,26,28);5H2,1-3H3. The molecule has 1 aliphatic heterocycles. The Kier molecular flexibility index (Phi) is 8.56. The van der Waals surface area contributed by atoms with Crippen molar-refractivity contribution in [3.63, 3.8) is 0 Å². The fourth-order valence-corrected chi connectivity index (χ4v) is 6.85. The van der Waals surface area contributed by atoms with Gasteiger partial charge in [-0.2, -0.15) is 0 Å². The van der Waals surface area contributed by atoms with Crippen molar-refractivity contribution < 1.29 is 13.2 Å². The fourth-order valence-electron chi connectivity index (χ4n) is 4.06. The molecule has 3 N–H and O–H groups in total. The highest BCUT2D eigenvalue weighted by atomic mass is 32.2. The fraction of sp³-hybridized carbons (Fsp3) is 0.321. The topological polar surface area (TPSA) is 115 Å². The first-order valence-corrected chi connectivity index (χ1v) is 15.4. The summed E-state index contributed by atoms with van der Waals surface area (Å²) in [5.41, 5.74) is 7.85.